The van der Waals surface area contributed by atoms with Crippen LogP contribution < -0.4 is 30.9 Å². The number of esters is 1. The number of carbonyl (C=O) groups excluding carboxylic acids is 2. The van der Waals surface area contributed by atoms with Gasteiger partial charge in [0.05, 0.1) is 35.2 Å². The number of nitrogens with zero attached hydrogens (tertiary/aromatic N) is 2. The summed E-state index contributed by atoms with van der Waals surface area (Å²) in [4.78, 5) is 61.4. The van der Waals surface area contributed by atoms with E-state index in [1.165, 1.54) is 65.4 Å². The maximum Gasteiger partial charge on any atom is 0.307 e. The SMILES string of the molecule is CO[C@H]1/C=C/O[C@@]2(C)Oc3c(C)c(O)c4c(=O)c(c5oc6cc(OCCN(C)C)cc(=O)c6nc5c4c3=C2O)NC(=O)/C(C)=C\C=C\[C@H](C)[C@@H]2O[C@H]([C@H](O)[C@@H]2C)[C@H](OC(C)=O)[C@@H]1C. The average Bonchev–Trinajstić information content (AvgIpc) is 3.67. The molecule has 4 N–H and O–H groups in total. The lowest BCUT2D eigenvalue weighted by molar-refractivity contribution is -0.168. The highest BCUT2D eigenvalue weighted by Gasteiger charge is 2.50. The maximum absolute atomic E-state index is 14.7. The van der Waals surface area contributed by atoms with Crippen molar-refractivity contribution in [1.82, 2.24) is 9.88 Å². The van der Waals surface area contributed by atoms with Gasteiger partial charge in [0, 0.05) is 73.9 Å². The molecule has 4 aliphatic rings. The number of likely N-dealkylation sites (N-methyl/N-ethyl adjacent to an activating group) is 1. The molecule has 9 atom stereocenters. The Hall–Kier alpha value is -6.01. The van der Waals surface area contributed by atoms with Gasteiger partial charge in [-0.05, 0) is 34.0 Å². The number of fused-ring (bicyclic) bond motifs is 9. The molecule has 0 radical (unpaired) electrons. The van der Waals surface area contributed by atoms with Crippen molar-refractivity contribution in [2.75, 3.05) is 39.7 Å². The van der Waals surface area contributed by atoms with Gasteiger partial charge in [0.15, 0.2) is 22.4 Å². The number of aromatic nitrogens is 1. The molecule has 8 rings (SSSR count). The van der Waals surface area contributed by atoms with Gasteiger partial charge in [0.25, 0.3) is 5.91 Å². The third-order valence-electron chi connectivity index (χ3n) is 12.1. The molecule has 0 saturated carbocycles. The van der Waals surface area contributed by atoms with Crippen molar-refractivity contribution >= 4 is 56.3 Å². The molecule has 17 nitrogen and oxygen atoms in total. The fraction of sp³-hybridized carbons (Fsp3) is 0.457. The van der Waals surface area contributed by atoms with Crippen molar-refractivity contribution in [1.29, 1.82) is 0 Å². The first-order valence-corrected chi connectivity index (χ1v) is 20.7. The van der Waals surface area contributed by atoms with Gasteiger partial charge >= 0.3 is 11.8 Å². The van der Waals surface area contributed by atoms with Crippen molar-refractivity contribution in [3.63, 3.8) is 0 Å². The van der Waals surface area contributed by atoms with Crippen LogP contribution >= 0.6 is 0 Å². The first-order chi connectivity index (χ1) is 29.8. The van der Waals surface area contributed by atoms with Gasteiger partial charge in [-0.15, -0.1) is 0 Å². The van der Waals surface area contributed by atoms with Crippen molar-refractivity contribution < 1.29 is 57.7 Å². The molecule has 17 heteroatoms. The number of hydrogen-bond donors (Lipinski definition) is 4. The van der Waals surface area contributed by atoms with Crippen LogP contribution in [0.3, 0.4) is 0 Å². The Morgan fingerprint density at radius 1 is 1.02 bits per heavy atom. The molecular formula is C46H53N3O14. The Labute approximate surface area is 362 Å². The minimum Gasteiger partial charge on any atom is -0.507 e. The Morgan fingerprint density at radius 2 is 1.75 bits per heavy atom. The summed E-state index contributed by atoms with van der Waals surface area (Å²) in [5, 5.41) is 37.5. The molecule has 1 saturated heterocycles. The smallest absolute Gasteiger partial charge is 0.307 e. The Bertz CT molecular complexity index is 2780. The Kier molecular flexibility index (Phi) is 12.3. The zero-order valence-electron chi connectivity index (χ0n) is 36.8. The summed E-state index contributed by atoms with van der Waals surface area (Å²) in [6.45, 7) is 12.0. The van der Waals surface area contributed by atoms with E-state index in [2.05, 4.69) is 5.32 Å². The molecule has 4 aromatic rings. The summed E-state index contributed by atoms with van der Waals surface area (Å²) in [6.07, 6.45) is 3.47. The van der Waals surface area contributed by atoms with Gasteiger partial charge in [-0.1, -0.05) is 39.0 Å². The Balaban J connectivity index is 1.48. The van der Waals surface area contributed by atoms with Gasteiger partial charge in [-0.2, -0.15) is 0 Å². The van der Waals surface area contributed by atoms with Crippen LogP contribution in [0, 0.1) is 24.7 Å². The van der Waals surface area contributed by atoms with Gasteiger partial charge < -0.3 is 58.4 Å². The number of anilines is 1. The minimum atomic E-state index is -1.98. The van der Waals surface area contributed by atoms with Crippen LogP contribution in [-0.4, -0.2) is 108 Å². The van der Waals surface area contributed by atoms with Crippen LogP contribution in [0.4, 0.5) is 5.69 Å². The van der Waals surface area contributed by atoms with E-state index in [0.717, 1.165) is 0 Å². The van der Waals surface area contributed by atoms with E-state index in [1.54, 1.807) is 19.1 Å². The second kappa shape index (κ2) is 17.3. The second-order valence-corrected chi connectivity index (χ2v) is 16.9. The van der Waals surface area contributed by atoms with E-state index in [4.69, 9.17) is 37.8 Å². The molecule has 7 bridgehead atoms. The van der Waals surface area contributed by atoms with Gasteiger partial charge in [-0.3, -0.25) is 19.2 Å². The number of aromatic hydroxyl groups is 1. The predicted molar refractivity (Wildman–Crippen MR) is 233 cm³/mol. The highest BCUT2D eigenvalue weighted by atomic mass is 16.7. The van der Waals surface area contributed by atoms with E-state index in [9.17, 15) is 34.5 Å². The summed E-state index contributed by atoms with van der Waals surface area (Å²) in [5.74, 6) is -5.54. The molecule has 0 spiro atoms. The predicted octanol–water partition coefficient (Wildman–Crippen LogP) is 4.27. The molecule has 63 heavy (non-hydrogen) atoms. The molecular weight excluding hydrogens is 819 g/mol. The number of phenolic OH excluding ortho intramolecular Hbond substituents is 1. The van der Waals surface area contributed by atoms with Crippen LogP contribution in [0.1, 0.15) is 47.1 Å². The highest BCUT2D eigenvalue weighted by Crippen LogP contribution is 2.43. The maximum atomic E-state index is 14.7. The number of aliphatic hydroxyl groups excluding tert-OH is 2. The molecule has 5 heterocycles. The third-order valence-corrected chi connectivity index (χ3v) is 12.1. The number of benzene rings is 3. The molecule has 1 fully saturated rings. The van der Waals surface area contributed by atoms with Gasteiger partial charge in [0.1, 0.15) is 47.3 Å². The molecule has 1 aromatic heterocycles. The topological polar surface area (TPSA) is 226 Å². The Morgan fingerprint density at radius 3 is 2.43 bits per heavy atom. The lowest BCUT2D eigenvalue weighted by Crippen LogP contribution is -2.46. The number of ether oxygens (including phenoxy) is 6. The number of nitrogens with one attached hydrogen (secondary N) is 1. The summed E-state index contributed by atoms with van der Waals surface area (Å²) in [7, 11) is 5.19. The van der Waals surface area contributed by atoms with Crippen LogP contribution in [0.2, 0.25) is 0 Å². The van der Waals surface area contributed by atoms with Crippen molar-refractivity contribution in [3.8, 4) is 17.2 Å². The van der Waals surface area contributed by atoms with Crippen molar-refractivity contribution in [2.45, 2.75) is 84.8 Å². The number of rotatable bonds is 6. The third kappa shape index (κ3) is 8.10. The number of methoxy groups -OCH3 is 1. The fourth-order valence-electron chi connectivity index (χ4n) is 8.47. The van der Waals surface area contributed by atoms with E-state index in [0.29, 0.717) is 6.54 Å². The van der Waals surface area contributed by atoms with Gasteiger partial charge in [0.2, 0.25) is 10.9 Å². The molecule has 4 aliphatic heterocycles. The average molecular weight is 872 g/mol. The van der Waals surface area contributed by atoms with Crippen LogP contribution in [0.5, 0.6) is 17.2 Å². The summed E-state index contributed by atoms with van der Waals surface area (Å²) in [6, 6.07) is 2.70. The molecule has 1 amide bonds. The minimum absolute atomic E-state index is 0.0518. The number of carbonyl (C=O) groups is 2. The largest absolute Gasteiger partial charge is 0.507 e. The first kappa shape index (κ1) is 45.0. The molecule has 3 aromatic carbocycles. The number of phenols is 1. The summed E-state index contributed by atoms with van der Waals surface area (Å²) < 4.78 is 42.6. The number of aliphatic hydroxyl groups is 2. The number of amides is 1. The van der Waals surface area contributed by atoms with E-state index >= 15 is 0 Å². The van der Waals surface area contributed by atoms with E-state index in [-0.39, 0.29) is 73.4 Å². The van der Waals surface area contributed by atoms with Crippen LogP contribution in [-0.2, 0) is 28.5 Å². The zero-order chi connectivity index (χ0) is 45.8. The van der Waals surface area contributed by atoms with Gasteiger partial charge in [-0.25, -0.2) is 4.98 Å². The molecule has 0 aliphatic carbocycles. The second-order valence-electron chi connectivity index (χ2n) is 16.9. The van der Waals surface area contributed by atoms with Crippen LogP contribution in [0.25, 0.3) is 38.7 Å². The number of allylic oxidation sites excluding steroid dienone is 2. The lowest BCUT2D eigenvalue weighted by Gasteiger charge is -2.33. The summed E-state index contributed by atoms with van der Waals surface area (Å²) >= 11 is 0. The molecule has 336 valence electrons. The quantitative estimate of drug-likeness (QED) is 0.121. The first-order valence-electron chi connectivity index (χ1n) is 20.7. The van der Waals surface area contributed by atoms with Crippen molar-refractivity contribution in [2.24, 2.45) is 17.8 Å². The standard InChI is InChI=1S/C46H53N3O14/c1-20-12-11-13-21(2)45(56)48-35-38(54)31-30(34-42(35)61-29-19-26(58-17-15-49(8)9)18-27(51)33(29)47-34)32-40(23(4)36(31)52)63-46(7,44(32)55)59-16-14-28(57-10)22(3)41(60-25(6)50)43-37(53)24(5)39(20)62-43/h11-14,16,18-20,22,24,28,37,39,41,43,52-53,55H,15,17H2,1-10H3,(H,48,56)/b12-11+,16-14+,21-13-/t20-,22+,24-,28-,37+,39-,41+,43+,46-/m0/s1. The zero-order valence-corrected chi connectivity index (χ0v) is 36.8. The van der Waals surface area contributed by atoms with E-state index < -0.39 is 88.1 Å². The monoisotopic (exact) mass is 871 g/mol. The summed E-state index contributed by atoms with van der Waals surface area (Å²) in [5.41, 5.74) is -2.27. The lowest BCUT2D eigenvalue weighted by atomic mass is 9.86. The van der Waals surface area contributed by atoms with E-state index in [1.807, 2.05) is 32.8 Å². The normalized spacial score (nSPS) is 29.5. The van der Waals surface area contributed by atoms with Crippen molar-refractivity contribution in [3.05, 3.63) is 79.5 Å². The highest BCUT2D eigenvalue weighted by molar-refractivity contribution is 6.16. The molecule has 0 unspecified atom stereocenters. The fourth-order valence-corrected chi connectivity index (χ4v) is 8.47. The van der Waals surface area contributed by atoms with Crippen LogP contribution in [0.15, 0.2) is 62.3 Å². The number of hydrogen-bond acceptors (Lipinski definition) is 16.